The Hall–Kier alpha value is -2.53. The molecule has 0 amide bonds. The Morgan fingerprint density at radius 1 is 0.958 bits per heavy atom. The summed E-state index contributed by atoms with van der Waals surface area (Å²) in [6.45, 7) is 0. The number of fused-ring (bicyclic) bond motifs is 1. The van der Waals surface area contributed by atoms with Gasteiger partial charge in [0.1, 0.15) is 17.2 Å². The monoisotopic (exact) mass is 381 g/mol. The molecular formula is C19H13BrFN3. The summed E-state index contributed by atoms with van der Waals surface area (Å²) in [5.41, 5.74) is 8.15. The molecule has 1 aliphatic heterocycles. The molecule has 4 rings (SSSR count). The van der Waals surface area contributed by atoms with E-state index in [1.807, 2.05) is 42.5 Å². The molecule has 0 saturated heterocycles. The number of nitrogens with zero attached hydrogens (tertiary/aromatic N) is 2. The molecule has 0 fully saturated rings. The topological polar surface area (TPSA) is 51.3 Å². The van der Waals surface area contributed by atoms with Crippen LogP contribution in [0.4, 0.5) is 4.39 Å². The van der Waals surface area contributed by atoms with Crippen LogP contribution < -0.4 is 5.73 Å². The molecule has 0 radical (unpaired) electrons. The molecule has 1 unspecified atom stereocenters. The quantitative estimate of drug-likeness (QED) is 0.729. The van der Waals surface area contributed by atoms with Crippen LogP contribution in [0.3, 0.4) is 0 Å². The maximum Gasteiger partial charge on any atom is 0.139 e. The molecule has 5 heteroatoms. The van der Waals surface area contributed by atoms with Crippen molar-refractivity contribution in [3.05, 3.63) is 99.5 Å². The average Bonchev–Trinajstić information content (AvgIpc) is 2.91. The molecule has 1 atom stereocenters. The van der Waals surface area contributed by atoms with E-state index < -0.39 is 5.54 Å². The van der Waals surface area contributed by atoms with Crippen molar-refractivity contribution in [2.75, 3.05) is 0 Å². The minimum atomic E-state index is -0.881. The highest BCUT2D eigenvalue weighted by Crippen LogP contribution is 2.46. The second-order valence-corrected chi connectivity index (χ2v) is 6.53. The summed E-state index contributed by atoms with van der Waals surface area (Å²) in [5.74, 6) is -0.153. The first kappa shape index (κ1) is 15.0. The van der Waals surface area contributed by atoms with E-state index in [2.05, 4.69) is 20.9 Å². The van der Waals surface area contributed by atoms with Crippen molar-refractivity contribution in [3.63, 3.8) is 0 Å². The van der Waals surface area contributed by atoms with Gasteiger partial charge in [-0.1, -0.05) is 40.2 Å². The first-order valence-electron chi connectivity index (χ1n) is 7.44. The fourth-order valence-electron chi connectivity index (χ4n) is 3.30. The van der Waals surface area contributed by atoms with Gasteiger partial charge >= 0.3 is 0 Å². The number of hydrogen-bond donors (Lipinski definition) is 1. The van der Waals surface area contributed by atoms with Crippen molar-refractivity contribution < 1.29 is 4.39 Å². The molecule has 3 nitrogen and oxygen atoms in total. The Kier molecular flexibility index (Phi) is 3.46. The van der Waals surface area contributed by atoms with E-state index in [0.717, 1.165) is 21.2 Å². The third-order valence-electron chi connectivity index (χ3n) is 4.29. The highest BCUT2D eigenvalue weighted by molar-refractivity contribution is 9.10. The SMILES string of the molecule is NC1=NC(c2ccncc2)(c2cccc(Br)c2)c2cccc(F)c21. The van der Waals surface area contributed by atoms with Crippen LogP contribution in [0.2, 0.25) is 0 Å². The number of rotatable bonds is 2. The van der Waals surface area contributed by atoms with Crippen molar-refractivity contribution >= 4 is 21.8 Å². The zero-order chi connectivity index (χ0) is 16.7. The smallest absolute Gasteiger partial charge is 0.139 e. The Bertz CT molecular complexity index is 956. The van der Waals surface area contributed by atoms with Crippen molar-refractivity contribution in [3.8, 4) is 0 Å². The van der Waals surface area contributed by atoms with Gasteiger partial charge in [-0.15, -0.1) is 0 Å². The summed E-state index contributed by atoms with van der Waals surface area (Å²) in [7, 11) is 0. The molecule has 2 heterocycles. The summed E-state index contributed by atoms with van der Waals surface area (Å²) in [6, 6.07) is 16.6. The minimum absolute atomic E-state index is 0.208. The van der Waals surface area contributed by atoms with Crippen molar-refractivity contribution in [2.45, 2.75) is 5.54 Å². The van der Waals surface area contributed by atoms with Gasteiger partial charge in [-0.3, -0.25) is 4.98 Å². The van der Waals surface area contributed by atoms with Crippen molar-refractivity contribution in [1.82, 2.24) is 4.98 Å². The normalized spacial score (nSPS) is 19.0. The van der Waals surface area contributed by atoms with Gasteiger partial charge in [-0.25, -0.2) is 9.38 Å². The first-order valence-corrected chi connectivity index (χ1v) is 8.23. The third-order valence-corrected chi connectivity index (χ3v) is 4.78. The summed E-state index contributed by atoms with van der Waals surface area (Å²) in [6.07, 6.45) is 3.41. The largest absolute Gasteiger partial charge is 0.383 e. The molecule has 2 aromatic carbocycles. The van der Waals surface area contributed by atoms with E-state index in [9.17, 15) is 4.39 Å². The second kappa shape index (κ2) is 5.53. The van der Waals surface area contributed by atoms with Crippen LogP contribution in [0.15, 0.2) is 76.5 Å². The molecule has 1 aliphatic rings. The molecular weight excluding hydrogens is 369 g/mol. The van der Waals surface area contributed by atoms with Crippen LogP contribution in [-0.4, -0.2) is 10.8 Å². The number of halogens is 2. The van der Waals surface area contributed by atoms with Crippen molar-refractivity contribution in [1.29, 1.82) is 0 Å². The number of benzene rings is 2. The van der Waals surface area contributed by atoms with Crippen LogP contribution in [0.1, 0.15) is 22.3 Å². The molecule has 0 bridgehead atoms. The summed E-state index contributed by atoms with van der Waals surface area (Å²) in [5, 5.41) is 0. The van der Waals surface area contributed by atoms with Gasteiger partial charge in [0.2, 0.25) is 0 Å². The van der Waals surface area contributed by atoms with Gasteiger partial charge in [0.25, 0.3) is 0 Å². The van der Waals surface area contributed by atoms with Gasteiger partial charge in [0, 0.05) is 22.4 Å². The lowest BCUT2D eigenvalue weighted by atomic mass is 9.78. The molecule has 118 valence electrons. The van der Waals surface area contributed by atoms with Gasteiger partial charge in [0.15, 0.2) is 0 Å². The molecule has 1 aromatic heterocycles. The van der Waals surface area contributed by atoms with E-state index >= 15 is 0 Å². The van der Waals surface area contributed by atoms with Crippen LogP contribution in [-0.2, 0) is 5.54 Å². The maximum atomic E-state index is 14.4. The van der Waals surface area contributed by atoms with Crippen LogP contribution in [0.5, 0.6) is 0 Å². The van der Waals surface area contributed by atoms with Crippen LogP contribution in [0.25, 0.3) is 0 Å². The van der Waals surface area contributed by atoms with Crippen LogP contribution >= 0.6 is 15.9 Å². The Labute approximate surface area is 147 Å². The highest BCUT2D eigenvalue weighted by Gasteiger charge is 2.43. The Morgan fingerprint density at radius 3 is 2.46 bits per heavy atom. The molecule has 0 aliphatic carbocycles. The van der Waals surface area contributed by atoms with E-state index in [4.69, 9.17) is 10.7 Å². The standard InChI is InChI=1S/C19H13BrFN3/c20-14-4-1-3-13(11-14)19(12-7-9-23-10-8-12)15-5-2-6-16(21)17(15)18(22)24-19/h1-11H,(H2,22,24). The number of aromatic nitrogens is 1. The van der Waals surface area contributed by atoms with E-state index in [0.29, 0.717) is 5.56 Å². The molecule has 24 heavy (non-hydrogen) atoms. The van der Waals surface area contributed by atoms with E-state index in [1.54, 1.807) is 18.5 Å². The zero-order valence-corrected chi connectivity index (χ0v) is 14.2. The average molecular weight is 382 g/mol. The third kappa shape index (κ3) is 2.08. The maximum absolute atomic E-state index is 14.4. The zero-order valence-electron chi connectivity index (χ0n) is 12.6. The Morgan fingerprint density at radius 2 is 1.71 bits per heavy atom. The second-order valence-electron chi connectivity index (χ2n) is 5.62. The first-order chi connectivity index (χ1) is 11.6. The van der Waals surface area contributed by atoms with Gasteiger partial charge < -0.3 is 5.73 Å². The number of hydrogen-bond acceptors (Lipinski definition) is 3. The molecule has 3 aromatic rings. The Balaban J connectivity index is 2.11. The summed E-state index contributed by atoms with van der Waals surface area (Å²) >= 11 is 3.51. The minimum Gasteiger partial charge on any atom is -0.383 e. The van der Waals surface area contributed by atoms with Crippen LogP contribution in [0, 0.1) is 5.82 Å². The lowest BCUT2D eigenvalue weighted by molar-refractivity contribution is 0.615. The van der Waals surface area contributed by atoms with Gasteiger partial charge in [-0.2, -0.15) is 0 Å². The van der Waals surface area contributed by atoms with Gasteiger partial charge in [-0.05, 0) is 41.5 Å². The fourth-order valence-corrected chi connectivity index (χ4v) is 3.70. The molecule has 0 spiro atoms. The highest BCUT2D eigenvalue weighted by atomic mass is 79.9. The molecule has 0 saturated carbocycles. The van der Waals surface area contributed by atoms with Gasteiger partial charge in [0.05, 0.1) is 5.56 Å². The van der Waals surface area contributed by atoms with Crippen molar-refractivity contribution in [2.24, 2.45) is 10.7 Å². The lowest BCUT2D eigenvalue weighted by Gasteiger charge is -2.29. The van der Waals surface area contributed by atoms with E-state index in [1.165, 1.54) is 6.07 Å². The molecule has 2 N–H and O–H groups in total. The number of nitrogens with two attached hydrogens (primary N) is 1. The number of aliphatic imine (C=N–C) groups is 1. The lowest BCUT2D eigenvalue weighted by Crippen LogP contribution is -2.25. The number of pyridine rings is 1. The predicted octanol–water partition coefficient (Wildman–Crippen LogP) is 3.99. The fraction of sp³-hybridized carbons (Fsp3) is 0.0526. The summed E-state index contributed by atoms with van der Waals surface area (Å²) < 4.78 is 15.3. The van der Waals surface area contributed by atoms with E-state index in [-0.39, 0.29) is 11.7 Å². The summed E-state index contributed by atoms with van der Waals surface area (Å²) in [4.78, 5) is 8.82. The number of amidine groups is 1. The predicted molar refractivity (Wildman–Crippen MR) is 95.4 cm³/mol.